The summed E-state index contributed by atoms with van der Waals surface area (Å²) in [5.74, 6) is 0.291. The van der Waals surface area contributed by atoms with Gasteiger partial charge in [-0.2, -0.15) is 0 Å². The van der Waals surface area contributed by atoms with Gasteiger partial charge in [-0.25, -0.2) is 0 Å². The van der Waals surface area contributed by atoms with Gasteiger partial charge in [-0.15, -0.1) is 0 Å². The Hall–Kier alpha value is -1.75. The van der Waals surface area contributed by atoms with Crippen LogP contribution in [0.2, 0.25) is 0 Å². The number of phenolic OH excluding ortho intramolecular Hbond substituents is 1. The highest BCUT2D eigenvalue weighted by atomic mass is 16.5. The lowest BCUT2D eigenvalue weighted by Gasteiger charge is -2.16. The van der Waals surface area contributed by atoms with Crippen molar-refractivity contribution in [2.24, 2.45) is 0 Å². The largest absolute Gasteiger partial charge is 0.507 e. The molecule has 1 unspecified atom stereocenters. The highest BCUT2D eigenvalue weighted by Crippen LogP contribution is 2.23. The number of aromatic hydroxyl groups is 1. The molecule has 1 saturated heterocycles. The number of hydrogen-bond acceptors (Lipinski definition) is 4. The van der Waals surface area contributed by atoms with Crippen LogP contribution in [0, 0.1) is 0 Å². The van der Waals surface area contributed by atoms with Gasteiger partial charge in [0.1, 0.15) is 11.5 Å². The number of ether oxygens (including phenoxy) is 1. The zero-order valence-electron chi connectivity index (χ0n) is 11.1. The van der Waals surface area contributed by atoms with Crippen LogP contribution in [0.15, 0.2) is 18.2 Å². The Balaban J connectivity index is 2.06. The van der Waals surface area contributed by atoms with E-state index in [9.17, 15) is 9.90 Å². The van der Waals surface area contributed by atoms with Gasteiger partial charge in [0.25, 0.3) is 5.91 Å². The van der Waals surface area contributed by atoms with Gasteiger partial charge in [0, 0.05) is 6.04 Å². The van der Waals surface area contributed by atoms with Crippen LogP contribution in [0.4, 0.5) is 0 Å². The summed E-state index contributed by atoms with van der Waals surface area (Å²) in [5.41, 5.74) is 0.261. The molecule has 5 heteroatoms. The maximum Gasteiger partial charge on any atom is 0.255 e. The SMILES string of the molecule is COc1ccc(O)c(C(=O)NC2CCCNCC2)c1. The van der Waals surface area contributed by atoms with Crippen LogP contribution in [0.3, 0.4) is 0 Å². The average molecular weight is 264 g/mol. The van der Waals surface area contributed by atoms with Crippen LogP contribution in [0.5, 0.6) is 11.5 Å². The van der Waals surface area contributed by atoms with Crippen LogP contribution < -0.4 is 15.4 Å². The molecule has 19 heavy (non-hydrogen) atoms. The van der Waals surface area contributed by atoms with Gasteiger partial charge in [-0.1, -0.05) is 0 Å². The van der Waals surface area contributed by atoms with E-state index in [1.54, 1.807) is 12.1 Å². The molecule has 1 fully saturated rings. The number of hydrogen-bond donors (Lipinski definition) is 3. The van der Waals surface area contributed by atoms with E-state index in [2.05, 4.69) is 10.6 Å². The first-order valence-corrected chi connectivity index (χ1v) is 6.59. The summed E-state index contributed by atoms with van der Waals surface area (Å²) in [5, 5.41) is 16.0. The highest BCUT2D eigenvalue weighted by Gasteiger charge is 2.18. The van der Waals surface area contributed by atoms with Crippen molar-refractivity contribution in [1.82, 2.24) is 10.6 Å². The van der Waals surface area contributed by atoms with E-state index in [1.807, 2.05) is 0 Å². The van der Waals surface area contributed by atoms with Gasteiger partial charge in [0.05, 0.1) is 12.7 Å². The van der Waals surface area contributed by atoms with Crippen LogP contribution in [0.1, 0.15) is 29.6 Å². The van der Waals surface area contributed by atoms with Crippen molar-refractivity contribution in [2.75, 3.05) is 20.2 Å². The minimum absolute atomic E-state index is 0.0231. The number of amides is 1. The first-order valence-electron chi connectivity index (χ1n) is 6.59. The van der Waals surface area contributed by atoms with Gasteiger partial charge < -0.3 is 20.5 Å². The number of nitrogens with one attached hydrogen (secondary N) is 2. The standard InChI is InChI=1S/C14H20N2O3/c1-19-11-4-5-13(17)12(9-11)14(18)16-10-3-2-7-15-8-6-10/h4-5,9-10,15,17H,2-3,6-8H2,1H3,(H,16,18). The van der Waals surface area contributed by atoms with Crippen molar-refractivity contribution in [3.8, 4) is 11.5 Å². The Morgan fingerprint density at radius 2 is 2.26 bits per heavy atom. The third-order valence-electron chi connectivity index (χ3n) is 3.36. The molecule has 1 aromatic carbocycles. The summed E-state index contributed by atoms with van der Waals surface area (Å²) in [4.78, 5) is 12.2. The summed E-state index contributed by atoms with van der Waals surface area (Å²) < 4.78 is 5.07. The smallest absolute Gasteiger partial charge is 0.255 e. The predicted molar refractivity (Wildman–Crippen MR) is 72.6 cm³/mol. The Kier molecular flexibility index (Phi) is 4.63. The number of benzene rings is 1. The van der Waals surface area contributed by atoms with E-state index in [0.717, 1.165) is 32.4 Å². The molecule has 1 atom stereocenters. The van der Waals surface area contributed by atoms with E-state index in [1.165, 1.54) is 13.2 Å². The van der Waals surface area contributed by atoms with Crippen molar-refractivity contribution in [1.29, 1.82) is 0 Å². The lowest BCUT2D eigenvalue weighted by molar-refractivity contribution is 0.0931. The second-order valence-electron chi connectivity index (χ2n) is 4.73. The Bertz CT molecular complexity index is 440. The van der Waals surface area contributed by atoms with E-state index < -0.39 is 0 Å². The van der Waals surface area contributed by atoms with Crippen LogP contribution in [-0.4, -0.2) is 37.3 Å². The minimum Gasteiger partial charge on any atom is -0.507 e. The second kappa shape index (κ2) is 6.43. The summed E-state index contributed by atoms with van der Waals surface area (Å²) in [6, 6.07) is 4.82. The summed E-state index contributed by atoms with van der Waals surface area (Å²) in [6.07, 6.45) is 2.93. The molecule has 1 heterocycles. The molecule has 0 aliphatic carbocycles. The van der Waals surface area contributed by atoms with Gasteiger partial charge in [-0.3, -0.25) is 4.79 Å². The van der Waals surface area contributed by atoms with Crippen molar-refractivity contribution in [2.45, 2.75) is 25.3 Å². The van der Waals surface area contributed by atoms with E-state index in [0.29, 0.717) is 5.75 Å². The molecule has 5 nitrogen and oxygen atoms in total. The fourth-order valence-corrected chi connectivity index (χ4v) is 2.25. The molecule has 1 aliphatic rings. The number of rotatable bonds is 3. The van der Waals surface area contributed by atoms with Gasteiger partial charge in [0.2, 0.25) is 0 Å². The van der Waals surface area contributed by atoms with Crippen LogP contribution in [-0.2, 0) is 0 Å². The van der Waals surface area contributed by atoms with Crippen molar-refractivity contribution in [3.63, 3.8) is 0 Å². The third-order valence-corrected chi connectivity index (χ3v) is 3.36. The normalized spacial score (nSPS) is 19.5. The molecule has 0 aromatic heterocycles. The fraction of sp³-hybridized carbons (Fsp3) is 0.500. The molecule has 1 amide bonds. The third kappa shape index (κ3) is 3.61. The molecular weight excluding hydrogens is 244 g/mol. The molecule has 0 saturated carbocycles. The maximum absolute atomic E-state index is 12.2. The number of phenols is 1. The quantitative estimate of drug-likeness (QED) is 0.769. The predicted octanol–water partition coefficient (Wildman–Crippen LogP) is 1.27. The lowest BCUT2D eigenvalue weighted by Crippen LogP contribution is -2.35. The average Bonchev–Trinajstić information content (AvgIpc) is 2.68. The van der Waals surface area contributed by atoms with Gasteiger partial charge in [0.15, 0.2) is 0 Å². The zero-order chi connectivity index (χ0) is 13.7. The Morgan fingerprint density at radius 1 is 1.42 bits per heavy atom. The highest BCUT2D eigenvalue weighted by molar-refractivity contribution is 5.97. The zero-order valence-corrected chi connectivity index (χ0v) is 11.1. The minimum atomic E-state index is -0.247. The summed E-state index contributed by atoms with van der Waals surface area (Å²) in [6.45, 7) is 1.91. The molecule has 104 valence electrons. The number of carbonyl (C=O) groups excluding carboxylic acids is 1. The van der Waals surface area contributed by atoms with Crippen molar-refractivity contribution >= 4 is 5.91 Å². The molecule has 1 aliphatic heterocycles. The summed E-state index contributed by atoms with van der Waals surface area (Å²) >= 11 is 0. The van der Waals surface area contributed by atoms with Gasteiger partial charge >= 0.3 is 0 Å². The maximum atomic E-state index is 12.2. The van der Waals surface area contributed by atoms with E-state index in [4.69, 9.17) is 4.74 Å². The first-order chi connectivity index (χ1) is 9.20. The van der Waals surface area contributed by atoms with Crippen LogP contribution >= 0.6 is 0 Å². The second-order valence-corrected chi connectivity index (χ2v) is 4.73. The number of methoxy groups -OCH3 is 1. The molecular formula is C14H20N2O3. The monoisotopic (exact) mass is 264 g/mol. The topological polar surface area (TPSA) is 70.6 Å². The first kappa shape index (κ1) is 13.7. The van der Waals surface area contributed by atoms with E-state index in [-0.39, 0.29) is 23.3 Å². The lowest BCUT2D eigenvalue weighted by atomic mass is 10.1. The molecule has 3 N–H and O–H groups in total. The van der Waals surface area contributed by atoms with Crippen molar-refractivity contribution < 1.29 is 14.6 Å². The Morgan fingerprint density at radius 3 is 3.05 bits per heavy atom. The molecule has 2 rings (SSSR count). The van der Waals surface area contributed by atoms with Crippen LogP contribution in [0.25, 0.3) is 0 Å². The fourth-order valence-electron chi connectivity index (χ4n) is 2.25. The molecule has 1 aromatic rings. The summed E-state index contributed by atoms with van der Waals surface area (Å²) in [7, 11) is 1.53. The molecule has 0 radical (unpaired) electrons. The van der Waals surface area contributed by atoms with E-state index >= 15 is 0 Å². The van der Waals surface area contributed by atoms with Crippen molar-refractivity contribution in [3.05, 3.63) is 23.8 Å². The van der Waals surface area contributed by atoms with Gasteiger partial charge in [-0.05, 0) is 50.6 Å². The molecule has 0 bridgehead atoms. The number of carbonyl (C=O) groups is 1. The molecule has 0 spiro atoms. The Labute approximate surface area is 113 Å².